The van der Waals surface area contributed by atoms with Gasteiger partial charge in [-0.15, -0.1) is 0 Å². The first-order valence-corrected chi connectivity index (χ1v) is 11.0. The Morgan fingerprint density at radius 2 is 2.03 bits per heavy atom. The second kappa shape index (κ2) is 9.36. The summed E-state index contributed by atoms with van der Waals surface area (Å²) in [5.41, 5.74) is 3.38. The fourth-order valence-corrected chi connectivity index (χ4v) is 3.95. The molecule has 2 aliphatic heterocycles. The fourth-order valence-electron chi connectivity index (χ4n) is 3.25. The third-order valence-corrected chi connectivity index (χ3v) is 5.56. The summed E-state index contributed by atoms with van der Waals surface area (Å²) >= 11 is 8.71. The second-order valence-corrected chi connectivity index (χ2v) is 8.13. The predicted octanol–water partition coefficient (Wildman–Crippen LogP) is 4.59. The summed E-state index contributed by atoms with van der Waals surface area (Å²) in [7, 11) is 0. The molecule has 1 unspecified atom stereocenters. The van der Waals surface area contributed by atoms with E-state index in [2.05, 4.69) is 49.1 Å². The predicted molar refractivity (Wildman–Crippen MR) is 130 cm³/mol. The summed E-state index contributed by atoms with van der Waals surface area (Å²) in [4.78, 5) is 14.6. The first kappa shape index (κ1) is 21.1. The van der Waals surface area contributed by atoms with E-state index in [-0.39, 0.29) is 17.2 Å². The van der Waals surface area contributed by atoms with E-state index in [1.54, 1.807) is 18.2 Å². The summed E-state index contributed by atoms with van der Waals surface area (Å²) in [5.74, 6) is 0.394. The van der Waals surface area contributed by atoms with E-state index < -0.39 is 0 Å². The van der Waals surface area contributed by atoms with E-state index in [1.807, 2.05) is 49.5 Å². The lowest BCUT2D eigenvalue weighted by atomic mass is 10.1. The van der Waals surface area contributed by atoms with Crippen LogP contribution in [0.25, 0.3) is 5.70 Å². The molecule has 0 spiro atoms. The van der Waals surface area contributed by atoms with Gasteiger partial charge in [-0.05, 0) is 83.1 Å². The van der Waals surface area contributed by atoms with E-state index in [4.69, 9.17) is 17.0 Å². The number of hydrogen-bond acceptors (Lipinski definition) is 5. The maximum Gasteiger partial charge on any atom is 0.257 e. The first-order valence-electron chi connectivity index (χ1n) is 9.79. The minimum atomic E-state index is -0.295. The van der Waals surface area contributed by atoms with Crippen LogP contribution in [0.1, 0.15) is 22.8 Å². The third kappa shape index (κ3) is 4.98. The first-order chi connectivity index (χ1) is 15.0. The molecule has 0 fully saturated rings. The number of thiocarbonyl (C=S) groups is 1. The summed E-state index contributed by atoms with van der Waals surface area (Å²) in [6.07, 6.45) is 10.4. The Kier molecular flexibility index (Phi) is 6.39. The molecule has 31 heavy (non-hydrogen) atoms. The SMILES string of the molecule is CCOc1ccc(C(=O)NC(=S)Nc2ccc(C3=CN4C=CC=CC4N3)cc2)cc1Br. The maximum absolute atomic E-state index is 12.5. The van der Waals surface area contributed by atoms with Gasteiger partial charge in [0.1, 0.15) is 11.9 Å². The molecule has 2 heterocycles. The number of carbonyl (C=O) groups is 1. The van der Waals surface area contributed by atoms with Gasteiger partial charge in [-0.1, -0.05) is 18.2 Å². The number of nitrogens with one attached hydrogen (secondary N) is 3. The Labute approximate surface area is 194 Å². The molecule has 2 aromatic carbocycles. The van der Waals surface area contributed by atoms with E-state index >= 15 is 0 Å². The number of carbonyl (C=O) groups excluding carboxylic acids is 1. The molecule has 8 heteroatoms. The van der Waals surface area contributed by atoms with Crippen LogP contribution in [0, 0.1) is 0 Å². The Morgan fingerprint density at radius 3 is 2.74 bits per heavy atom. The number of fused-ring (bicyclic) bond motifs is 1. The Bertz CT molecular complexity index is 1100. The largest absolute Gasteiger partial charge is 0.493 e. The van der Waals surface area contributed by atoms with Gasteiger partial charge in [0.25, 0.3) is 5.91 Å². The topological polar surface area (TPSA) is 65.6 Å². The highest BCUT2D eigenvalue weighted by molar-refractivity contribution is 9.10. The van der Waals surface area contributed by atoms with Gasteiger partial charge in [0.15, 0.2) is 5.11 Å². The van der Waals surface area contributed by atoms with E-state index in [0.29, 0.717) is 22.4 Å². The van der Waals surface area contributed by atoms with Crippen LogP contribution in [0.5, 0.6) is 5.75 Å². The number of anilines is 1. The van der Waals surface area contributed by atoms with Crippen LogP contribution < -0.4 is 20.7 Å². The number of nitrogens with zero attached hydrogens (tertiary/aromatic N) is 1. The van der Waals surface area contributed by atoms with Crippen molar-refractivity contribution in [2.24, 2.45) is 0 Å². The molecule has 6 nitrogen and oxygen atoms in total. The Hall–Kier alpha value is -3.10. The standard InChI is InChI=1S/C23H21BrN4O2S/c1-2-30-20-11-8-16(13-18(20)24)22(29)27-23(31)25-17-9-6-15(7-10-17)19-14-28-12-4-3-5-21(28)26-19/h3-14,21,26H,2H2,1H3,(H2,25,27,29,31). The highest BCUT2D eigenvalue weighted by Gasteiger charge is 2.21. The molecule has 3 N–H and O–H groups in total. The van der Waals surface area contributed by atoms with Gasteiger partial charge in [0, 0.05) is 23.7 Å². The summed E-state index contributed by atoms with van der Waals surface area (Å²) in [5, 5.41) is 9.44. The van der Waals surface area contributed by atoms with Gasteiger partial charge in [0.05, 0.1) is 16.8 Å². The molecular weight excluding hydrogens is 476 g/mol. The van der Waals surface area contributed by atoms with Crippen molar-refractivity contribution < 1.29 is 9.53 Å². The quantitative estimate of drug-likeness (QED) is 0.526. The third-order valence-electron chi connectivity index (χ3n) is 4.74. The summed E-state index contributed by atoms with van der Waals surface area (Å²) in [6.45, 7) is 2.46. The number of benzene rings is 2. The van der Waals surface area contributed by atoms with E-state index in [9.17, 15) is 4.79 Å². The molecule has 0 aliphatic carbocycles. The van der Waals surface area contributed by atoms with E-state index in [1.165, 1.54) is 0 Å². The van der Waals surface area contributed by atoms with Crippen LogP contribution in [0.15, 0.2) is 77.6 Å². The average molecular weight is 497 g/mol. The van der Waals surface area contributed by atoms with Gasteiger partial charge < -0.3 is 20.3 Å². The lowest BCUT2D eigenvalue weighted by molar-refractivity contribution is 0.0977. The number of ether oxygens (including phenoxy) is 1. The molecule has 0 radical (unpaired) electrons. The fraction of sp³-hybridized carbons (Fsp3) is 0.130. The van der Waals surface area contributed by atoms with Crippen molar-refractivity contribution in [2.45, 2.75) is 13.1 Å². The number of halogens is 1. The van der Waals surface area contributed by atoms with Crippen molar-refractivity contribution in [3.05, 3.63) is 88.7 Å². The molecule has 0 saturated carbocycles. The van der Waals surface area contributed by atoms with Crippen molar-refractivity contribution in [1.29, 1.82) is 0 Å². The van der Waals surface area contributed by atoms with Crippen LogP contribution >= 0.6 is 28.1 Å². The van der Waals surface area contributed by atoms with Gasteiger partial charge in [-0.2, -0.15) is 0 Å². The zero-order valence-corrected chi connectivity index (χ0v) is 19.2. The van der Waals surface area contributed by atoms with Crippen LogP contribution in [0.4, 0.5) is 5.69 Å². The van der Waals surface area contributed by atoms with Crippen molar-refractivity contribution in [1.82, 2.24) is 15.5 Å². The summed E-state index contributed by atoms with van der Waals surface area (Å²) in [6, 6.07) is 13.0. The Morgan fingerprint density at radius 1 is 1.23 bits per heavy atom. The Balaban J connectivity index is 1.35. The molecule has 158 valence electrons. The van der Waals surface area contributed by atoms with Crippen LogP contribution in [0.2, 0.25) is 0 Å². The molecule has 4 rings (SSSR count). The van der Waals surface area contributed by atoms with Crippen LogP contribution in [-0.4, -0.2) is 28.7 Å². The molecule has 2 aliphatic rings. The van der Waals surface area contributed by atoms with Gasteiger partial charge in [0.2, 0.25) is 0 Å². The highest BCUT2D eigenvalue weighted by atomic mass is 79.9. The lowest BCUT2D eigenvalue weighted by Gasteiger charge is -2.20. The molecule has 0 aromatic heterocycles. The highest BCUT2D eigenvalue weighted by Crippen LogP contribution is 2.26. The van der Waals surface area contributed by atoms with Crippen molar-refractivity contribution in [2.75, 3.05) is 11.9 Å². The zero-order chi connectivity index (χ0) is 21.8. The number of hydrogen-bond donors (Lipinski definition) is 3. The van der Waals surface area contributed by atoms with Gasteiger partial charge in [-0.3, -0.25) is 10.1 Å². The van der Waals surface area contributed by atoms with E-state index in [0.717, 1.165) is 16.9 Å². The number of rotatable bonds is 5. The second-order valence-electron chi connectivity index (χ2n) is 6.87. The molecule has 0 saturated heterocycles. The molecule has 1 amide bonds. The maximum atomic E-state index is 12.5. The minimum absolute atomic E-state index is 0.156. The van der Waals surface area contributed by atoms with Crippen molar-refractivity contribution in [3.63, 3.8) is 0 Å². The lowest BCUT2D eigenvalue weighted by Crippen LogP contribution is -2.34. The van der Waals surface area contributed by atoms with Gasteiger partial charge >= 0.3 is 0 Å². The number of amides is 1. The van der Waals surface area contributed by atoms with Crippen LogP contribution in [0.3, 0.4) is 0 Å². The normalized spacial score (nSPS) is 16.3. The van der Waals surface area contributed by atoms with Gasteiger partial charge in [-0.25, -0.2) is 0 Å². The van der Waals surface area contributed by atoms with Crippen molar-refractivity contribution >= 4 is 50.6 Å². The monoisotopic (exact) mass is 496 g/mol. The molecule has 2 aromatic rings. The number of allylic oxidation sites excluding steroid dienone is 2. The van der Waals surface area contributed by atoms with Crippen LogP contribution in [-0.2, 0) is 0 Å². The smallest absolute Gasteiger partial charge is 0.257 e. The average Bonchev–Trinajstić information content (AvgIpc) is 3.20. The molecular formula is C23H21BrN4O2S. The zero-order valence-electron chi connectivity index (χ0n) is 16.8. The molecule has 1 atom stereocenters. The summed E-state index contributed by atoms with van der Waals surface area (Å²) < 4.78 is 6.19. The minimum Gasteiger partial charge on any atom is -0.493 e. The molecule has 0 bridgehead atoms. The van der Waals surface area contributed by atoms with Crippen molar-refractivity contribution in [3.8, 4) is 5.75 Å².